The predicted octanol–water partition coefficient (Wildman–Crippen LogP) is 1.79. The zero-order chi connectivity index (χ0) is 8.48. The van der Waals surface area contributed by atoms with Crippen molar-refractivity contribution in [1.29, 1.82) is 0 Å². The third-order valence-electron chi connectivity index (χ3n) is 1.44. The maximum Gasteiger partial charge on any atom is 0.160 e. The van der Waals surface area contributed by atoms with Crippen LogP contribution in [0.2, 0.25) is 0 Å². The van der Waals surface area contributed by atoms with Gasteiger partial charge in [-0.3, -0.25) is 4.79 Å². The third kappa shape index (κ3) is 1.88. The zero-order valence-corrected chi connectivity index (χ0v) is 7.31. The highest BCUT2D eigenvalue weighted by atomic mass is 32.1. The fourth-order valence-electron chi connectivity index (χ4n) is 0.735. The summed E-state index contributed by atoms with van der Waals surface area (Å²) in [5, 5.41) is 11.3. The van der Waals surface area contributed by atoms with Crippen molar-refractivity contribution in [1.82, 2.24) is 0 Å². The third-order valence-corrected chi connectivity index (χ3v) is 2.30. The highest BCUT2D eigenvalue weighted by molar-refractivity contribution is 7.11. The summed E-state index contributed by atoms with van der Waals surface area (Å²) >= 11 is 1.35. The number of rotatable bonds is 2. The first-order chi connectivity index (χ1) is 5.04. The lowest BCUT2D eigenvalue weighted by Gasteiger charge is -2.14. The molecule has 0 fully saturated rings. The maximum atomic E-state index is 10.3. The molecule has 1 aromatic rings. The van der Waals surface area contributed by atoms with Gasteiger partial charge in [0.15, 0.2) is 6.29 Å². The van der Waals surface area contributed by atoms with Crippen molar-refractivity contribution in [3.05, 3.63) is 21.9 Å². The molecule has 60 valence electrons. The smallest absolute Gasteiger partial charge is 0.160 e. The minimum atomic E-state index is -0.836. The first-order valence-electron chi connectivity index (χ1n) is 3.30. The Labute approximate surface area is 69.5 Å². The minimum Gasteiger partial charge on any atom is -0.386 e. The Morgan fingerprint density at radius 2 is 2.27 bits per heavy atom. The molecule has 3 heteroatoms. The van der Waals surface area contributed by atoms with Crippen molar-refractivity contribution in [2.24, 2.45) is 0 Å². The van der Waals surface area contributed by atoms with E-state index in [4.69, 9.17) is 0 Å². The monoisotopic (exact) mass is 170 g/mol. The normalized spacial score (nSPS) is 11.5. The number of thiophene rings is 1. The van der Waals surface area contributed by atoms with Crippen LogP contribution >= 0.6 is 11.3 Å². The average molecular weight is 170 g/mol. The molecule has 0 unspecified atom stereocenters. The molecule has 0 aromatic carbocycles. The van der Waals surface area contributed by atoms with Gasteiger partial charge >= 0.3 is 0 Å². The van der Waals surface area contributed by atoms with Gasteiger partial charge in [-0.15, -0.1) is 11.3 Å². The van der Waals surface area contributed by atoms with E-state index in [0.717, 1.165) is 11.8 Å². The molecule has 2 nitrogen and oxygen atoms in total. The summed E-state index contributed by atoms with van der Waals surface area (Å²) in [7, 11) is 0. The number of hydrogen-bond donors (Lipinski definition) is 1. The largest absolute Gasteiger partial charge is 0.386 e. The molecular formula is C8H10O2S. The van der Waals surface area contributed by atoms with Crippen molar-refractivity contribution < 1.29 is 9.90 Å². The minimum absolute atomic E-state index is 0.655. The Bertz CT molecular complexity index is 257. The van der Waals surface area contributed by atoms with E-state index in [9.17, 15) is 9.90 Å². The van der Waals surface area contributed by atoms with Gasteiger partial charge in [0.25, 0.3) is 0 Å². The molecule has 0 amide bonds. The van der Waals surface area contributed by atoms with Crippen LogP contribution in [-0.4, -0.2) is 11.4 Å². The van der Waals surface area contributed by atoms with Gasteiger partial charge in [0.1, 0.15) is 0 Å². The van der Waals surface area contributed by atoms with Crippen LogP contribution in [0.15, 0.2) is 11.4 Å². The zero-order valence-electron chi connectivity index (χ0n) is 6.50. The van der Waals surface area contributed by atoms with Crippen molar-refractivity contribution in [2.75, 3.05) is 0 Å². The summed E-state index contributed by atoms with van der Waals surface area (Å²) in [6.07, 6.45) is 0.792. The molecule has 0 atom stereocenters. The van der Waals surface area contributed by atoms with E-state index >= 15 is 0 Å². The quantitative estimate of drug-likeness (QED) is 0.687. The maximum absolute atomic E-state index is 10.3. The van der Waals surface area contributed by atoms with Crippen LogP contribution in [0.3, 0.4) is 0 Å². The lowest BCUT2D eigenvalue weighted by atomic mass is 10.0. The first kappa shape index (κ1) is 8.43. The second kappa shape index (κ2) is 2.75. The van der Waals surface area contributed by atoms with E-state index in [1.807, 2.05) is 0 Å². The van der Waals surface area contributed by atoms with Crippen LogP contribution < -0.4 is 0 Å². The van der Waals surface area contributed by atoms with Gasteiger partial charge in [0.2, 0.25) is 0 Å². The molecule has 0 bridgehead atoms. The number of aldehydes is 1. The van der Waals surface area contributed by atoms with Gasteiger partial charge < -0.3 is 5.11 Å². The summed E-state index contributed by atoms with van der Waals surface area (Å²) in [4.78, 5) is 10.9. The predicted molar refractivity (Wildman–Crippen MR) is 45.0 cm³/mol. The number of carbonyl (C=O) groups is 1. The van der Waals surface area contributed by atoms with Crippen molar-refractivity contribution in [3.63, 3.8) is 0 Å². The summed E-state index contributed by atoms with van der Waals surface area (Å²) in [5.74, 6) is 0. The second-order valence-electron chi connectivity index (χ2n) is 2.91. The lowest BCUT2D eigenvalue weighted by molar-refractivity contribution is 0.0790. The topological polar surface area (TPSA) is 37.3 Å². The lowest BCUT2D eigenvalue weighted by Crippen LogP contribution is -2.13. The number of aliphatic hydroxyl groups is 1. The second-order valence-corrected chi connectivity index (χ2v) is 3.86. The van der Waals surface area contributed by atoms with Crippen LogP contribution in [0, 0.1) is 0 Å². The molecule has 0 saturated carbocycles. The molecule has 1 aromatic heterocycles. The van der Waals surface area contributed by atoms with Crippen LogP contribution in [0.5, 0.6) is 0 Å². The SMILES string of the molecule is CC(C)(O)c1csc(C=O)c1. The molecule has 0 spiro atoms. The molecule has 1 rings (SSSR count). The Kier molecular flexibility index (Phi) is 2.11. The van der Waals surface area contributed by atoms with Crippen LogP contribution in [0.1, 0.15) is 29.1 Å². The van der Waals surface area contributed by atoms with Gasteiger partial charge in [0, 0.05) is 0 Å². The molecular weight excluding hydrogens is 160 g/mol. The Balaban J connectivity index is 2.98. The van der Waals surface area contributed by atoms with Gasteiger partial charge in [0.05, 0.1) is 10.5 Å². The summed E-state index contributed by atoms with van der Waals surface area (Å²) in [5.41, 5.74) is -0.0396. The van der Waals surface area contributed by atoms with Crippen LogP contribution in [0.4, 0.5) is 0 Å². The first-order valence-corrected chi connectivity index (χ1v) is 4.18. The van der Waals surface area contributed by atoms with Gasteiger partial charge in [-0.2, -0.15) is 0 Å². The van der Waals surface area contributed by atoms with E-state index < -0.39 is 5.60 Å². The summed E-state index contributed by atoms with van der Waals surface area (Å²) < 4.78 is 0. The van der Waals surface area contributed by atoms with Crippen LogP contribution in [0.25, 0.3) is 0 Å². The fraction of sp³-hybridized carbons (Fsp3) is 0.375. The Hall–Kier alpha value is -0.670. The number of carbonyl (C=O) groups excluding carboxylic acids is 1. The molecule has 0 aliphatic heterocycles. The number of hydrogen-bond acceptors (Lipinski definition) is 3. The molecule has 0 radical (unpaired) electrons. The van der Waals surface area contributed by atoms with Gasteiger partial charge in [-0.25, -0.2) is 0 Å². The van der Waals surface area contributed by atoms with E-state index in [1.165, 1.54) is 11.3 Å². The highest BCUT2D eigenvalue weighted by Crippen LogP contribution is 2.24. The van der Waals surface area contributed by atoms with Crippen LogP contribution in [-0.2, 0) is 5.60 Å². The van der Waals surface area contributed by atoms with Crippen molar-refractivity contribution in [3.8, 4) is 0 Å². The van der Waals surface area contributed by atoms with E-state index in [1.54, 1.807) is 25.3 Å². The van der Waals surface area contributed by atoms with E-state index in [-0.39, 0.29) is 0 Å². The Morgan fingerprint density at radius 1 is 1.64 bits per heavy atom. The van der Waals surface area contributed by atoms with E-state index in [2.05, 4.69) is 0 Å². The van der Waals surface area contributed by atoms with Crippen molar-refractivity contribution >= 4 is 17.6 Å². The standard InChI is InChI=1S/C8H10O2S/c1-8(2,10)6-3-7(4-9)11-5-6/h3-5,10H,1-2H3. The molecule has 0 aliphatic carbocycles. The molecule has 11 heavy (non-hydrogen) atoms. The fourth-order valence-corrected chi connectivity index (χ4v) is 1.61. The Morgan fingerprint density at radius 3 is 2.55 bits per heavy atom. The average Bonchev–Trinajstić information content (AvgIpc) is 2.32. The van der Waals surface area contributed by atoms with E-state index in [0.29, 0.717) is 4.88 Å². The molecule has 1 N–H and O–H groups in total. The summed E-state index contributed by atoms with van der Waals surface area (Å²) in [6.45, 7) is 3.40. The molecule has 0 saturated heterocycles. The highest BCUT2D eigenvalue weighted by Gasteiger charge is 2.16. The summed E-state index contributed by atoms with van der Waals surface area (Å²) in [6, 6.07) is 1.71. The molecule has 0 aliphatic rings. The van der Waals surface area contributed by atoms with Gasteiger partial charge in [-0.1, -0.05) is 0 Å². The van der Waals surface area contributed by atoms with Gasteiger partial charge in [-0.05, 0) is 30.9 Å². The molecule has 1 heterocycles. The van der Waals surface area contributed by atoms with Crippen molar-refractivity contribution in [2.45, 2.75) is 19.4 Å².